The van der Waals surface area contributed by atoms with E-state index in [0.29, 0.717) is 0 Å². The average molecular weight is 306 g/mol. The van der Waals surface area contributed by atoms with Gasteiger partial charge in [0.1, 0.15) is 0 Å². The van der Waals surface area contributed by atoms with Gasteiger partial charge < -0.3 is 10.4 Å². The quantitative estimate of drug-likeness (QED) is 0.818. The highest BCUT2D eigenvalue weighted by atomic mass is 28.3. The standard InChI is InChI=1S/C18H31NOSi/c1-15-9-11-18(14-20,12-10-15)19-13-16-5-7-17(8-6-16)21(2,3)4/h5-8,15,19-20H,9-14H2,1-4H3. The topological polar surface area (TPSA) is 32.3 Å². The Kier molecular flexibility index (Phi) is 5.28. The first-order valence-electron chi connectivity index (χ1n) is 8.30. The van der Waals surface area contributed by atoms with Gasteiger partial charge in [-0.3, -0.25) is 0 Å². The van der Waals surface area contributed by atoms with Crippen LogP contribution in [0.25, 0.3) is 0 Å². The van der Waals surface area contributed by atoms with E-state index in [2.05, 4.69) is 56.1 Å². The van der Waals surface area contributed by atoms with Crippen LogP contribution in [-0.2, 0) is 6.54 Å². The maximum Gasteiger partial charge on any atom is 0.0775 e. The van der Waals surface area contributed by atoms with Gasteiger partial charge in [0.25, 0.3) is 0 Å². The summed E-state index contributed by atoms with van der Waals surface area (Å²) < 4.78 is 0. The van der Waals surface area contributed by atoms with Crippen LogP contribution in [0.3, 0.4) is 0 Å². The second-order valence-electron chi connectivity index (χ2n) is 7.92. The molecule has 118 valence electrons. The number of nitrogens with one attached hydrogen (secondary N) is 1. The molecule has 0 aliphatic heterocycles. The van der Waals surface area contributed by atoms with E-state index in [1.807, 2.05) is 0 Å². The molecule has 1 saturated carbocycles. The minimum absolute atomic E-state index is 0.0516. The molecule has 2 nitrogen and oxygen atoms in total. The average Bonchev–Trinajstić information content (AvgIpc) is 2.47. The molecule has 0 bridgehead atoms. The lowest BCUT2D eigenvalue weighted by Crippen LogP contribution is -2.50. The van der Waals surface area contributed by atoms with Gasteiger partial charge in [0.15, 0.2) is 0 Å². The summed E-state index contributed by atoms with van der Waals surface area (Å²) in [6.45, 7) is 10.6. The zero-order chi connectivity index (χ0) is 15.5. The molecule has 1 aliphatic rings. The van der Waals surface area contributed by atoms with Crippen LogP contribution < -0.4 is 10.5 Å². The monoisotopic (exact) mass is 305 g/mol. The third-order valence-electron chi connectivity index (χ3n) is 5.02. The number of aliphatic hydroxyl groups is 1. The highest BCUT2D eigenvalue weighted by Crippen LogP contribution is 2.31. The van der Waals surface area contributed by atoms with Gasteiger partial charge in [-0.05, 0) is 37.2 Å². The van der Waals surface area contributed by atoms with Crippen LogP contribution in [0.5, 0.6) is 0 Å². The Hall–Kier alpha value is -0.643. The van der Waals surface area contributed by atoms with Crippen molar-refractivity contribution in [3.8, 4) is 0 Å². The fraction of sp³-hybridized carbons (Fsp3) is 0.667. The summed E-state index contributed by atoms with van der Waals surface area (Å²) in [4.78, 5) is 0. The number of rotatable bonds is 5. The maximum absolute atomic E-state index is 9.80. The van der Waals surface area contributed by atoms with Crippen LogP contribution in [0, 0.1) is 5.92 Å². The SMILES string of the molecule is CC1CCC(CO)(NCc2ccc([Si](C)(C)C)cc2)CC1. The van der Waals surface area contributed by atoms with E-state index in [1.165, 1.54) is 23.6 Å². The lowest BCUT2D eigenvalue weighted by atomic mass is 9.77. The number of aliphatic hydroxyl groups excluding tert-OH is 1. The number of hydrogen-bond donors (Lipinski definition) is 2. The van der Waals surface area contributed by atoms with Gasteiger partial charge in [-0.25, -0.2) is 0 Å². The van der Waals surface area contributed by atoms with Crippen molar-refractivity contribution in [2.45, 2.75) is 64.3 Å². The van der Waals surface area contributed by atoms with Crippen LogP contribution in [-0.4, -0.2) is 25.3 Å². The summed E-state index contributed by atoms with van der Waals surface area (Å²) in [6, 6.07) is 9.07. The van der Waals surface area contributed by atoms with Crippen molar-refractivity contribution in [1.82, 2.24) is 5.32 Å². The normalized spacial score (nSPS) is 26.8. The first-order valence-corrected chi connectivity index (χ1v) is 11.8. The molecular formula is C18H31NOSi. The molecule has 1 aromatic carbocycles. The Bertz CT molecular complexity index is 441. The lowest BCUT2D eigenvalue weighted by Gasteiger charge is -2.39. The molecular weight excluding hydrogens is 274 g/mol. The van der Waals surface area contributed by atoms with E-state index >= 15 is 0 Å². The van der Waals surface area contributed by atoms with E-state index in [9.17, 15) is 5.11 Å². The van der Waals surface area contributed by atoms with Gasteiger partial charge in [0.05, 0.1) is 14.7 Å². The summed E-state index contributed by atoms with van der Waals surface area (Å²) in [7, 11) is -1.20. The van der Waals surface area contributed by atoms with Crippen molar-refractivity contribution in [3.63, 3.8) is 0 Å². The molecule has 1 aliphatic carbocycles. The number of benzene rings is 1. The Morgan fingerprint density at radius 1 is 1.14 bits per heavy atom. The highest BCUT2D eigenvalue weighted by molar-refractivity contribution is 6.88. The summed E-state index contributed by atoms with van der Waals surface area (Å²) in [6.07, 6.45) is 4.64. The Labute approximate surface area is 131 Å². The van der Waals surface area contributed by atoms with Gasteiger partial charge in [-0.2, -0.15) is 0 Å². The van der Waals surface area contributed by atoms with Gasteiger partial charge in [-0.15, -0.1) is 0 Å². The molecule has 2 rings (SSSR count). The fourth-order valence-corrected chi connectivity index (χ4v) is 4.28. The van der Waals surface area contributed by atoms with E-state index in [4.69, 9.17) is 0 Å². The molecule has 0 atom stereocenters. The molecule has 0 unspecified atom stereocenters. The molecule has 0 aromatic heterocycles. The fourth-order valence-electron chi connectivity index (χ4n) is 3.12. The zero-order valence-corrected chi connectivity index (χ0v) is 15.1. The molecule has 1 aromatic rings. The molecule has 1 fully saturated rings. The molecule has 0 saturated heterocycles. The third kappa shape index (κ3) is 4.41. The van der Waals surface area contributed by atoms with Gasteiger partial charge in [-0.1, -0.05) is 56.0 Å². The number of hydrogen-bond acceptors (Lipinski definition) is 2. The van der Waals surface area contributed by atoms with Crippen molar-refractivity contribution in [2.75, 3.05) is 6.61 Å². The second kappa shape index (κ2) is 6.63. The summed E-state index contributed by atoms with van der Waals surface area (Å²) in [5, 5.41) is 14.9. The Balaban J connectivity index is 1.95. The van der Waals surface area contributed by atoms with Crippen molar-refractivity contribution >= 4 is 13.3 Å². The predicted molar refractivity (Wildman–Crippen MR) is 93.7 cm³/mol. The van der Waals surface area contributed by atoms with Crippen molar-refractivity contribution in [3.05, 3.63) is 29.8 Å². The van der Waals surface area contributed by atoms with Crippen LogP contribution in [0.2, 0.25) is 19.6 Å². The maximum atomic E-state index is 9.80. The van der Waals surface area contributed by atoms with E-state index in [0.717, 1.165) is 25.3 Å². The molecule has 0 amide bonds. The summed E-state index contributed by atoms with van der Waals surface area (Å²) in [5.74, 6) is 0.808. The van der Waals surface area contributed by atoms with Gasteiger partial charge in [0, 0.05) is 12.1 Å². The molecule has 21 heavy (non-hydrogen) atoms. The smallest absolute Gasteiger partial charge is 0.0775 e. The molecule has 3 heteroatoms. The Morgan fingerprint density at radius 2 is 1.71 bits per heavy atom. The second-order valence-corrected chi connectivity index (χ2v) is 13.0. The molecule has 0 spiro atoms. The van der Waals surface area contributed by atoms with Crippen LogP contribution in [0.1, 0.15) is 38.2 Å². The molecule has 0 heterocycles. The zero-order valence-electron chi connectivity index (χ0n) is 14.1. The van der Waals surface area contributed by atoms with Crippen LogP contribution >= 0.6 is 0 Å². The largest absolute Gasteiger partial charge is 0.394 e. The van der Waals surface area contributed by atoms with E-state index in [-0.39, 0.29) is 12.1 Å². The molecule has 2 N–H and O–H groups in total. The van der Waals surface area contributed by atoms with Crippen molar-refractivity contribution in [1.29, 1.82) is 0 Å². The summed E-state index contributed by atoms with van der Waals surface area (Å²) >= 11 is 0. The molecule has 0 radical (unpaired) electrons. The third-order valence-corrected chi connectivity index (χ3v) is 7.09. The van der Waals surface area contributed by atoms with Gasteiger partial charge >= 0.3 is 0 Å². The first kappa shape index (κ1) is 16.7. The van der Waals surface area contributed by atoms with Crippen LogP contribution in [0.4, 0.5) is 0 Å². The van der Waals surface area contributed by atoms with Crippen molar-refractivity contribution < 1.29 is 5.11 Å². The predicted octanol–water partition coefficient (Wildman–Crippen LogP) is 3.26. The summed E-state index contributed by atoms with van der Waals surface area (Å²) in [5.41, 5.74) is 1.27. The minimum atomic E-state index is -1.20. The highest BCUT2D eigenvalue weighted by Gasteiger charge is 2.32. The van der Waals surface area contributed by atoms with Crippen molar-refractivity contribution in [2.24, 2.45) is 5.92 Å². The van der Waals surface area contributed by atoms with E-state index < -0.39 is 8.07 Å². The lowest BCUT2D eigenvalue weighted by molar-refractivity contribution is 0.104. The van der Waals surface area contributed by atoms with E-state index in [1.54, 1.807) is 0 Å². The van der Waals surface area contributed by atoms with Crippen LogP contribution in [0.15, 0.2) is 24.3 Å². The van der Waals surface area contributed by atoms with Gasteiger partial charge in [0.2, 0.25) is 0 Å². The first-order chi connectivity index (χ1) is 9.85. The Morgan fingerprint density at radius 3 is 2.19 bits per heavy atom. The minimum Gasteiger partial charge on any atom is -0.394 e.